The van der Waals surface area contributed by atoms with Crippen LogP contribution in [-0.2, 0) is 4.79 Å². The number of aromatic hydroxyl groups is 1. The third-order valence-corrected chi connectivity index (χ3v) is 3.19. The molecule has 0 radical (unpaired) electrons. The van der Waals surface area contributed by atoms with Crippen LogP contribution in [0.5, 0.6) is 5.75 Å². The summed E-state index contributed by atoms with van der Waals surface area (Å²) in [7, 11) is 0. The second-order valence-electron chi connectivity index (χ2n) is 5.52. The largest absolute Gasteiger partial charge is 0.508 e. The summed E-state index contributed by atoms with van der Waals surface area (Å²) in [5.41, 5.74) is 4.13. The van der Waals surface area contributed by atoms with E-state index in [0.29, 0.717) is 16.8 Å². The quantitative estimate of drug-likeness (QED) is 0.583. The van der Waals surface area contributed by atoms with E-state index in [1.54, 1.807) is 42.5 Å². The molecule has 0 spiro atoms. The number of anilines is 1. The van der Waals surface area contributed by atoms with Gasteiger partial charge in [0.15, 0.2) is 0 Å². The van der Waals surface area contributed by atoms with E-state index in [-0.39, 0.29) is 23.5 Å². The number of hydrogen-bond donors (Lipinski definition) is 3. The molecule has 0 heterocycles. The van der Waals surface area contributed by atoms with Crippen molar-refractivity contribution < 1.29 is 14.7 Å². The zero-order valence-electron chi connectivity index (χ0n) is 13.5. The van der Waals surface area contributed by atoms with E-state index < -0.39 is 0 Å². The molecule has 2 aromatic rings. The van der Waals surface area contributed by atoms with Gasteiger partial charge >= 0.3 is 0 Å². The summed E-state index contributed by atoms with van der Waals surface area (Å²) in [6, 6.07) is 13.0. The van der Waals surface area contributed by atoms with Crippen LogP contribution in [0.25, 0.3) is 0 Å². The Hall–Kier alpha value is -3.15. The molecule has 0 aliphatic rings. The Kier molecular flexibility index (Phi) is 5.68. The molecular formula is C18H19N3O3. The van der Waals surface area contributed by atoms with Gasteiger partial charge in [-0.05, 0) is 42.0 Å². The van der Waals surface area contributed by atoms with Gasteiger partial charge in [-0.2, -0.15) is 5.10 Å². The molecule has 0 aliphatic carbocycles. The van der Waals surface area contributed by atoms with Crippen molar-refractivity contribution in [1.82, 2.24) is 5.43 Å². The Morgan fingerprint density at radius 2 is 1.83 bits per heavy atom. The molecule has 0 saturated heterocycles. The lowest BCUT2D eigenvalue weighted by atomic mass is 10.1. The first-order valence-electron chi connectivity index (χ1n) is 7.49. The standard InChI is InChI=1S/C18H19N3O3/c1-12(2)17(23)20-15-8-6-14(7-9-15)18(24)21-19-11-13-4-3-5-16(22)10-13/h3-12,22H,1-2H3,(H,20,23)(H,21,24)/b19-11+. The smallest absolute Gasteiger partial charge is 0.271 e. The first kappa shape index (κ1) is 17.2. The molecule has 6 heteroatoms. The van der Waals surface area contributed by atoms with Crippen LogP contribution in [0.3, 0.4) is 0 Å². The number of amides is 2. The van der Waals surface area contributed by atoms with E-state index in [1.807, 2.05) is 13.8 Å². The Morgan fingerprint density at radius 3 is 2.46 bits per heavy atom. The Morgan fingerprint density at radius 1 is 1.12 bits per heavy atom. The molecule has 0 aromatic heterocycles. The predicted octanol–water partition coefficient (Wildman–Crippen LogP) is 2.75. The molecule has 124 valence electrons. The van der Waals surface area contributed by atoms with E-state index in [4.69, 9.17) is 0 Å². The fourth-order valence-corrected chi connectivity index (χ4v) is 1.83. The topological polar surface area (TPSA) is 90.8 Å². The van der Waals surface area contributed by atoms with E-state index in [0.717, 1.165) is 0 Å². The van der Waals surface area contributed by atoms with Crippen LogP contribution in [0.15, 0.2) is 53.6 Å². The number of phenols is 1. The van der Waals surface area contributed by atoms with Crippen LogP contribution in [0.2, 0.25) is 0 Å². The first-order chi connectivity index (χ1) is 11.5. The van der Waals surface area contributed by atoms with Gasteiger partial charge in [0.1, 0.15) is 5.75 Å². The minimum Gasteiger partial charge on any atom is -0.508 e. The summed E-state index contributed by atoms with van der Waals surface area (Å²) in [6.07, 6.45) is 1.44. The van der Waals surface area contributed by atoms with Gasteiger partial charge in [-0.1, -0.05) is 26.0 Å². The molecular weight excluding hydrogens is 306 g/mol. The third-order valence-electron chi connectivity index (χ3n) is 3.19. The number of hydrogen-bond acceptors (Lipinski definition) is 4. The average Bonchev–Trinajstić information content (AvgIpc) is 2.55. The number of nitrogens with one attached hydrogen (secondary N) is 2. The fourth-order valence-electron chi connectivity index (χ4n) is 1.83. The highest BCUT2D eigenvalue weighted by atomic mass is 16.3. The van der Waals surface area contributed by atoms with Gasteiger partial charge in [-0.25, -0.2) is 5.43 Å². The Bertz CT molecular complexity index is 752. The monoisotopic (exact) mass is 325 g/mol. The number of carbonyl (C=O) groups excluding carboxylic acids is 2. The first-order valence-corrected chi connectivity index (χ1v) is 7.49. The SMILES string of the molecule is CC(C)C(=O)Nc1ccc(C(=O)N/N=C/c2cccc(O)c2)cc1. The predicted molar refractivity (Wildman–Crippen MR) is 93.1 cm³/mol. The Labute approximate surface area is 140 Å². The summed E-state index contributed by atoms with van der Waals surface area (Å²) in [4.78, 5) is 23.6. The lowest BCUT2D eigenvalue weighted by molar-refractivity contribution is -0.118. The molecule has 3 N–H and O–H groups in total. The highest BCUT2D eigenvalue weighted by Gasteiger charge is 2.08. The van der Waals surface area contributed by atoms with Gasteiger partial charge in [0, 0.05) is 17.2 Å². The van der Waals surface area contributed by atoms with Gasteiger partial charge in [0.25, 0.3) is 5.91 Å². The summed E-state index contributed by atoms with van der Waals surface area (Å²) in [6.45, 7) is 3.61. The van der Waals surface area contributed by atoms with Gasteiger partial charge < -0.3 is 10.4 Å². The number of rotatable bonds is 5. The maximum absolute atomic E-state index is 12.0. The van der Waals surface area contributed by atoms with Crippen molar-refractivity contribution in [1.29, 1.82) is 0 Å². The number of nitrogens with zero attached hydrogens (tertiary/aromatic N) is 1. The molecule has 0 saturated carbocycles. The molecule has 6 nitrogen and oxygen atoms in total. The fraction of sp³-hybridized carbons (Fsp3) is 0.167. The highest BCUT2D eigenvalue weighted by Crippen LogP contribution is 2.11. The van der Waals surface area contributed by atoms with Crippen LogP contribution < -0.4 is 10.7 Å². The summed E-state index contributed by atoms with van der Waals surface area (Å²) in [5.74, 6) is -0.430. The van der Waals surface area contributed by atoms with Crippen molar-refractivity contribution in [2.45, 2.75) is 13.8 Å². The zero-order chi connectivity index (χ0) is 17.5. The van der Waals surface area contributed by atoms with Gasteiger partial charge in [-0.3, -0.25) is 9.59 Å². The molecule has 0 aliphatic heterocycles. The van der Waals surface area contributed by atoms with E-state index in [9.17, 15) is 14.7 Å². The number of benzene rings is 2. The van der Waals surface area contributed by atoms with Crippen LogP contribution in [0.1, 0.15) is 29.8 Å². The average molecular weight is 325 g/mol. The summed E-state index contributed by atoms with van der Waals surface area (Å²) in [5, 5.41) is 15.9. The maximum atomic E-state index is 12.0. The number of carbonyl (C=O) groups is 2. The second-order valence-corrected chi connectivity index (χ2v) is 5.52. The van der Waals surface area contributed by atoms with Crippen molar-refractivity contribution >= 4 is 23.7 Å². The van der Waals surface area contributed by atoms with Crippen molar-refractivity contribution in [3.63, 3.8) is 0 Å². The van der Waals surface area contributed by atoms with Crippen molar-refractivity contribution in [3.05, 3.63) is 59.7 Å². The van der Waals surface area contributed by atoms with Crippen molar-refractivity contribution in [2.75, 3.05) is 5.32 Å². The van der Waals surface area contributed by atoms with Gasteiger partial charge in [0.2, 0.25) is 5.91 Å². The maximum Gasteiger partial charge on any atom is 0.271 e. The molecule has 24 heavy (non-hydrogen) atoms. The molecule has 0 atom stereocenters. The molecule has 0 fully saturated rings. The van der Waals surface area contributed by atoms with Crippen LogP contribution >= 0.6 is 0 Å². The van der Waals surface area contributed by atoms with E-state index >= 15 is 0 Å². The molecule has 0 unspecified atom stereocenters. The third kappa shape index (κ3) is 4.95. The second kappa shape index (κ2) is 7.92. The molecule has 2 aromatic carbocycles. The van der Waals surface area contributed by atoms with Gasteiger partial charge in [-0.15, -0.1) is 0 Å². The minimum atomic E-state index is -0.367. The van der Waals surface area contributed by atoms with E-state index in [2.05, 4.69) is 15.8 Å². The highest BCUT2D eigenvalue weighted by molar-refractivity contribution is 5.96. The lowest BCUT2D eigenvalue weighted by Gasteiger charge is -2.08. The summed E-state index contributed by atoms with van der Waals surface area (Å²) < 4.78 is 0. The lowest BCUT2D eigenvalue weighted by Crippen LogP contribution is -2.19. The van der Waals surface area contributed by atoms with Gasteiger partial charge in [0.05, 0.1) is 6.21 Å². The number of hydrazone groups is 1. The molecule has 2 amide bonds. The zero-order valence-corrected chi connectivity index (χ0v) is 13.5. The van der Waals surface area contributed by atoms with Crippen LogP contribution in [0.4, 0.5) is 5.69 Å². The normalized spacial score (nSPS) is 10.8. The van der Waals surface area contributed by atoms with Crippen LogP contribution in [-0.4, -0.2) is 23.1 Å². The van der Waals surface area contributed by atoms with Crippen molar-refractivity contribution in [2.24, 2.45) is 11.0 Å². The summed E-state index contributed by atoms with van der Waals surface area (Å²) >= 11 is 0. The Balaban J connectivity index is 1.94. The van der Waals surface area contributed by atoms with Crippen LogP contribution in [0, 0.1) is 5.92 Å². The van der Waals surface area contributed by atoms with E-state index in [1.165, 1.54) is 12.3 Å². The number of phenolic OH excluding ortho intramolecular Hbond substituents is 1. The molecule has 2 rings (SSSR count). The minimum absolute atomic E-state index is 0.0806. The molecule has 0 bridgehead atoms. The van der Waals surface area contributed by atoms with Crippen molar-refractivity contribution in [3.8, 4) is 5.75 Å².